The summed E-state index contributed by atoms with van der Waals surface area (Å²) in [7, 11) is 1.60. The number of hydrazine groups is 1. The first-order valence-electron chi connectivity index (χ1n) is 13.2. The minimum atomic E-state index is -0.351. The number of methoxy groups -OCH3 is 1. The first kappa shape index (κ1) is 28.5. The number of amides is 1. The van der Waals surface area contributed by atoms with E-state index in [0.29, 0.717) is 36.6 Å². The Hall–Kier alpha value is -4.51. The van der Waals surface area contributed by atoms with Gasteiger partial charge in [0.15, 0.2) is 11.5 Å². The van der Waals surface area contributed by atoms with E-state index < -0.39 is 0 Å². The number of nitrogens with two attached hydrogens (primary N) is 2. The third-order valence-corrected chi connectivity index (χ3v) is 6.89. The summed E-state index contributed by atoms with van der Waals surface area (Å²) in [5.41, 5.74) is 14.6. The molecule has 0 spiro atoms. The SMILES string of the molecule is CCOc1cc2c(cc1OC)-c1c/c(=N\c3c(C)cc(C)cc3C)n(CCC(=O)N/C(=C/N)NN)c(=O)n1CC2. The molecule has 1 amide bonds. The number of hydrogen-bond acceptors (Lipinski definition) is 8. The summed E-state index contributed by atoms with van der Waals surface area (Å²) in [6, 6.07) is 9.92. The predicted molar refractivity (Wildman–Crippen MR) is 154 cm³/mol. The van der Waals surface area contributed by atoms with E-state index >= 15 is 0 Å². The maximum atomic E-state index is 13.9. The van der Waals surface area contributed by atoms with E-state index in [1.165, 1.54) is 0 Å². The average Bonchev–Trinajstić information content (AvgIpc) is 2.92. The van der Waals surface area contributed by atoms with Crippen LogP contribution in [-0.4, -0.2) is 28.8 Å². The molecule has 0 radical (unpaired) electrons. The second kappa shape index (κ2) is 12.1. The topological polar surface area (TPSA) is 151 Å². The second-order valence-electron chi connectivity index (χ2n) is 9.70. The van der Waals surface area contributed by atoms with Crippen molar-refractivity contribution in [1.29, 1.82) is 0 Å². The van der Waals surface area contributed by atoms with Crippen molar-refractivity contribution in [2.45, 2.75) is 53.6 Å². The van der Waals surface area contributed by atoms with Gasteiger partial charge in [0, 0.05) is 37.3 Å². The number of nitrogens with one attached hydrogen (secondary N) is 2. The predicted octanol–water partition coefficient (Wildman–Crippen LogP) is 2.17. The summed E-state index contributed by atoms with van der Waals surface area (Å²) in [5.74, 6) is 6.46. The van der Waals surface area contributed by atoms with Crippen molar-refractivity contribution in [3.05, 3.63) is 80.6 Å². The summed E-state index contributed by atoms with van der Waals surface area (Å²) < 4.78 is 14.7. The fourth-order valence-electron chi connectivity index (χ4n) is 5.09. The molecule has 3 aromatic rings. The molecule has 4 rings (SSSR count). The summed E-state index contributed by atoms with van der Waals surface area (Å²) in [6.45, 7) is 9.06. The maximum Gasteiger partial charge on any atom is 0.330 e. The Morgan fingerprint density at radius 1 is 1.12 bits per heavy atom. The third kappa shape index (κ3) is 5.74. The summed E-state index contributed by atoms with van der Waals surface area (Å²) in [4.78, 5) is 31.5. The molecule has 2 heterocycles. The van der Waals surface area contributed by atoms with E-state index in [0.717, 1.165) is 45.4 Å². The molecule has 0 atom stereocenters. The molecule has 1 aromatic heterocycles. The molecule has 1 aliphatic heterocycles. The van der Waals surface area contributed by atoms with Gasteiger partial charge >= 0.3 is 5.69 Å². The molecule has 0 saturated carbocycles. The van der Waals surface area contributed by atoms with Gasteiger partial charge in [-0.25, -0.2) is 15.6 Å². The molecule has 11 nitrogen and oxygen atoms in total. The Morgan fingerprint density at radius 3 is 2.48 bits per heavy atom. The molecule has 0 saturated heterocycles. The minimum absolute atomic E-state index is 0.00871. The number of rotatable bonds is 9. The highest BCUT2D eigenvalue weighted by atomic mass is 16.5. The molecule has 1 aliphatic rings. The molecule has 0 fully saturated rings. The summed E-state index contributed by atoms with van der Waals surface area (Å²) in [6.07, 6.45) is 1.81. The van der Waals surface area contributed by atoms with Crippen molar-refractivity contribution >= 4 is 11.6 Å². The lowest BCUT2D eigenvalue weighted by Gasteiger charge is -2.25. The van der Waals surface area contributed by atoms with Gasteiger partial charge in [0.25, 0.3) is 0 Å². The number of nitrogens with zero attached hydrogens (tertiary/aromatic N) is 3. The van der Waals surface area contributed by atoms with Crippen LogP contribution in [0.1, 0.15) is 35.6 Å². The fourth-order valence-corrected chi connectivity index (χ4v) is 5.09. The zero-order valence-corrected chi connectivity index (χ0v) is 23.6. The number of carbonyl (C=O) groups excluding carboxylic acids is 1. The minimum Gasteiger partial charge on any atom is -0.493 e. The Balaban J connectivity index is 1.90. The number of aromatic nitrogens is 2. The summed E-state index contributed by atoms with van der Waals surface area (Å²) >= 11 is 0. The van der Waals surface area contributed by atoms with E-state index in [4.69, 9.17) is 26.0 Å². The monoisotopic (exact) mass is 547 g/mol. The molecule has 0 bridgehead atoms. The number of carbonyl (C=O) groups is 1. The van der Waals surface area contributed by atoms with E-state index in [1.54, 1.807) is 16.2 Å². The van der Waals surface area contributed by atoms with Gasteiger partial charge in [-0.2, -0.15) is 0 Å². The highest BCUT2D eigenvalue weighted by Gasteiger charge is 2.23. The first-order valence-corrected chi connectivity index (χ1v) is 13.2. The van der Waals surface area contributed by atoms with Gasteiger partial charge < -0.3 is 25.9 Å². The van der Waals surface area contributed by atoms with Gasteiger partial charge in [-0.05, 0) is 62.9 Å². The first-order chi connectivity index (χ1) is 19.2. The Bertz CT molecular complexity index is 1580. The lowest BCUT2D eigenvalue weighted by molar-refractivity contribution is -0.120. The van der Waals surface area contributed by atoms with Crippen molar-refractivity contribution in [1.82, 2.24) is 19.9 Å². The second-order valence-corrected chi connectivity index (χ2v) is 9.70. The van der Waals surface area contributed by atoms with Crippen LogP contribution in [0, 0.1) is 20.8 Å². The molecule has 0 aliphatic carbocycles. The molecule has 40 heavy (non-hydrogen) atoms. The van der Waals surface area contributed by atoms with Crippen molar-refractivity contribution < 1.29 is 14.3 Å². The molecular formula is C29H37N7O4. The lowest BCUT2D eigenvalue weighted by atomic mass is 9.97. The lowest BCUT2D eigenvalue weighted by Crippen LogP contribution is -2.43. The average molecular weight is 548 g/mol. The van der Waals surface area contributed by atoms with E-state index in [1.807, 2.05) is 45.9 Å². The van der Waals surface area contributed by atoms with Gasteiger partial charge in [-0.15, -0.1) is 0 Å². The molecule has 6 N–H and O–H groups in total. The molecule has 212 valence electrons. The zero-order chi connectivity index (χ0) is 29.0. The van der Waals surface area contributed by atoms with Crippen LogP contribution in [0.15, 0.2) is 52.1 Å². The van der Waals surface area contributed by atoms with Crippen LogP contribution in [0.2, 0.25) is 0 Å². The molecule has 2 aromatic carbocycles. The van der Waals surface area contributed by atoms with Gasteiger partial charge in [-0.3, -0.25) is 13.9 Å². The Kier molecular flexibility index (Phi) is 8.64. The van der Waals surface area contributed by atoms with Crippen LogP contribution in [0.4, 0.5) is 5.69 Å². The number of ether oxygens (including phenoxy) is 2. The zero-order valence-electron chi connectivity index (χ0n) is 23.6. The van der Waals surface area contributed by atoms with Crippen LogP contribution in [0.3, 0.4) is 0 Å². The van der Waals surface area contributed by atoms with Crippen LogP contribution < -0.4 is 43.0 Å². The van der Waals surface area contributed by atoms with E-state index in [-0.39, 0.29) is 30.4 Å². The van der Waals surface area contributed by atoms with Crippen LogP contribution in [0.25, 0.3) is 11.3 Å². The number of fused-ring (bicyclic) bond motifs is 3. The van der Waals surface area contributed by atoms with Crippen molar-refractivity contribution in [3.63, 3.8) is 0 Å². The van der Waals surface area contributed by atoms with E-state index in [9.17, 15) is 9.59 Å². The maximum absolute atomic E-state index is 13.9. The largest absolute Gasteiger partial charge is 0.493 e. The van der Waals surface area contributed by atoms with Gasteiger partial charge in [-0.1, -0.05) is 17.7 Å². The highest BCUT2D eigenvalue weighted by Crippen LogP contribution is 2.37. The van der Waals surface area contributed by atoms with E-state index in [2.05, 4.69) is 22.9 Å². The van der Waals surface area contributed by atoms with Crippen molar-refractivity contribution in [3.8, 4) is 22.8 Å². The van der Waals surface area contributed by atoms with Crippen molar-refractivity contribution in [2.75, 3.05) is 13.7 Å². The number of benzene rings is 2. The fraction of sp³-hybridized carbons (Fsp3) is 0.345. The summed E-state index contributed by atoms with van der Waals surface area (Å²) in [5, 5.41) is 2.59. The van der Waals surface area contributed by atoms with Gasteiger partial charge in [0.2, 0.25) is 5.91 Å². The Labute approximate surface area is 233 Å². The molecule has 11 heteroatoms. The third-order valence-electron chi connectivity index (χ3n) is 6.89. The van der Waals surface area contributed by atoms with Gasteiger partial charge in [0.05, 0.1) is 25.1 Å². The molecule has 0 unspecified atom stereocenters. The Morgan fingerprint density at radius 2 is 1.85 bits per heavy atom. The van der Waals surface area contributed by atoms with Gasteiger partial charge in [0.1, 0.15) is 11.3 Å². The smallest absolute Gasteiger partial charge is 0.330 e. The highest BCUT2D eigenvalue weighted by molar-refractivity contribution is 5.77. The number of aryl methyl sites for hydroxylation is 4. The quantitative estimate of drug-likeness (QED) is 0.237. The standard InChI is InChI=1S/C29H37N7O4/c1-6-40-24-13-20-7-9-35-22(21(20)14-23(24)39-5)15-26(33-28-18(3)11-17(2)12-19(28)4)36(29(35)38)10-8-27(37)32-25(16-30)34-31/h11-16,34H,6-10,30-31H2,1-5H3,(H,32,37)/b25-16-,33-26+. The normalized spacial score (nSPS) is 12.9. The van der Waals surface area contributed by atoms with Crippen LogP contribution in [-0.2, 0) is 24.3 Å². The van der Waals surface area contributed by atoms with Crippen LogP contribution in [0.5, 0.6) is 11.5 Å². The molecular weight excluding hydrogens is 510 g/mol. The number of hydrogen-bond donors (Lipinski definition) is 4. The van der Waals surface area contributed by atoms with Crippen molar-refractivity contribution in [2.24, 2.45) is 16.6 Å². The van der Waals surface area contributed by atoms with Crippen LogP contribution >= 0.6 is 0 Å².